The maximum Gasteiger partial charge on any atom is 0.0849 e. The van der Waals surface area contributed by atoms with Crippen molar-refractivity contribution in [3.63, 3.8) is 0 Å². The van der Waals surface area contributed by atoms with E-state index in [-0.39, 0.29) is 0 Å². The van der Waals surface area contributed by atoms with Crippen molar-refractivity contribution in [3.8, 4) is 0 Å². The van der Waals surface area contributed by atoms with Crippen molar-refractivity contribution in [3.05, 3.63) is 57.5 Å². The first-order valence-electron chi connectivity index (χ1n) is 4.60. The van der Waals surface area contributed by atoms with Gasteiger partial charge in [-0.3, -0.25) is 0 Å². The molecule has 1 nitrogen and oxygen atoms in total. The summed E-state index contributed by atoms with van der Waals surface area (Å²) in [5.74, 6) is 0. The highest BCUT2D eigenvalue weighted by atomic mass is 79.9. The molecular weight excluding hydrogens is 352 g/mol. The Labute approximate surface area is 114 Å². The molecule has 0 atom stereocenters. The molecule has 0 aliphatic carbocycles. The summed E-state index contributed by atoms with van der Waals surface area (Å²) in [4.78, 5) is 1.62. The normalized spacial score (nSPS) is 10.7. The maximum atomic E-state index is 12.1. The molecule has 0 aromatic heterocycles. The monoisotopic (exact) mass is 358 g/mol. The van der Waals surface area contributed by atoms with Crippen LogP contribution in [0.2, 0.25) is 0 Å². The predicted molar refractivity (Wildman–Crippen MR) is 73.0 cm³/mol. The van der Waals surface area contributed by atoms with E-state index in [1.807, 2.05) is 48.5 Å². The second-order valence-corrected chi connectivity index (χ2v) is 6.49. The van der Waals surface area contributed by atoms with Gasteiger partial charge in [-0.2, -0.15) is 0 Å². The zero-order valence-corrected chi connectivity index (χ0v) is 12.2. The highest BCUT2D eigenvalue weighted by molar-refractivity contribution is 9.10. The molecule has 0 radical (unpaired) electrons. The molecule has 2 aromatic rings. The fraction of sp³-hybridized carbons (Fsp3) is 0. The zero-order chi connectivity index (χ0) is 11.5. The van der Waals surface area contributed by atoms with E-state index in [0.29, 0.717) is 0 Å². The minimum atomic E-state index is -1.11. The third-order valence-corrected chi connectivity index (χ3v) is 4.51. The van der Waals surface area contributed by atoms with E-state index in [1.54, 1.807) is 0 Å². The lowest BCUT2D eigenvalue weighted by molar-refractivity contribution is 0.683. The summed E-state index contributed by atoms with van der Waals surface area (Å²) in [6.07, 6.45) is 0. The molecule has 0 spiro atoms. The van der Waals surface area contributed by atoms with Crippen LogP contribution in [-0.2, 0) is 10.8 Å². The van der Waals surface area contributed by atoms with Crippen molar-refractivity contribution in [1.82, 2.24) is 0 Å². The molecule has 82 valence electrons. The summed E-state index contributed by atoms with van der Waals surface area (Å²) in [6.45, 7) is 0. The molecule has 0 fully saturated rings. The molecule has 16 heavy (non-hydrogen) atoms. The van der Waals surface area contributed by atoms with Gasteiger partial charge in [0.15, 0.2) is 0 Å². The van der Waals surface area contributed by atoms with E-state index in [9.17, 15) is 4.21 Å². The topological polar surface area (TPSA) is 17.1 Å². The van der Waals surface area contributed by atoms with Crippen LogP contribution in [0.25, 0.3) is 0 Å². The van der Waals surface area contributed by atoms with Crippen LogP contribution in [0.3, 0.4) is 0 Å². The molecule has 0 bridgehead atoms. The van der Waals surface area contributed by atoms with E-state index in [1.165, 1.54) is 0 Å². The van der Waals surface area contributed by atoms with E-state index < -0.39 is 10.8 Å². The van der Waals surface area contributed by atoms with Crippen LogP contribution in [0.4, 0.5) is 0 Å². The zero-order valence-electron chi connectivity index (χ0n) is 8.19. The number of halogens is 2. The third-order valence-electron chi connectivity index (χ3n) is 2.06. The van der Waals surface area contributed by atoms with Crippen molar-refractivity contribution in [2.75, 3.05) is 0 Å². The highest BCUT2D eigenvalue weighted by Gasteiger charge is 2.06. The van der Waals surface area contributed by atoms with Crippen molar-refractivity contribution in [1.29, 1.82) is 0 Å². The Morgan fingerprint density at radius 3 is 1.31 bits per heavy atom. The van der Waals surface area contributed by atoms with Gasteiger partial charge in [-0.25, -0.2) is 4.21 Å². The van der Waals surface area contributed by atoms with Crippen LogP contribution in [0.1, 0.15) is 0 Å². The molecule has 2 rings (SSSR count). The molecule has 0 amide bonds. The van der Waals surface area contributed by atoms with Gasteiger partial charge in [-0.05, 0) is 48.5 Å². The van der Waals surface area contributed by atoms with Gasteiger partial charge in [0.25, 0.3) is 0 Å². The van der Waals surface area contributed by atoms with E-state index in [0.717, 1.165) is 18.7 Å². The van der Waals surface area contributed by atoms with Crippen LogP contribution >= 0.6 is 31.9 Å². The fourth-order valence-electron chi connectivity index (χ4n) is 1.25. The maximum absolute atomic E-state index is 12.1. The van der Waals surface area contributed by atoms with Crippen molar-refractivity contribution in [2.45, 2.75) is 9.79 Å². The summed E-state index contributed by atoms with van der Waals surface area (Å²) in [7, 11) is -1.11. The SMILES string of the molecule is O=S(c1ccc(Br)cc1)c1ccc(Br)cc1. The Morgan fingerprint density at radius 1 is 0.688 bits per heavy atom. The van der Waals surface area contributed by atoms with Gasteiger partial charge in [0.2, 0.25) is 0 Å². The minimum absolute atomic E-state index is 0.811. The van der Waals surface area contributed by atoms with Gasteiger partial charge in [-0.1, -0.05) is 31.9 Å². The average molecular weight is 360 g/mol. The molecule has 4 heteroatoms. The number of benzene rings is 2. The van der Waals surface area contributed by atoms with Crippen molar-refractivity contribution >= 4 is 42.7 Å². The first-order valence-corrected chi connectivity index (χ1v) is 7.33. The fourth-order valence-corrected chi connectivity index (χ4v) is 2.82. The largest absolute Gasteiger partial charge is 0.249 e. The molecule has 0 unspecified atom stereocenters. The van der Waals surface area contributed by atoms with E-state index in [2.05, 4.69) is 31.9 Å². The predicted octanol–water partition coefficient (Wildman–Crippen LogP) is 4.38. The van der Waals surface area contributed by atoms with Crippen LogP contribution < -0.4 is 0 Å². The Morgan fingerprint density at radius 2 is 1.00 bits per heavy atom. The molecule has 0 saturated carbocycles. The first kappa shape index (κ1) is 12.0. The lowest BCUT2D eigenvalue weighted by Gasteiger charge is -2.02. The Kier molecular flexibility index (Phi) is 3.95. The quantitative estimate of drug-likeness (QED) is 0.777. The molecular formula is C12H8Br2OS. The molecule has 0 aliphatic rings. The van der Waals surface area contributed by atoms with E-state index >= 15 is 0 Å². The Hall–Kier alpha value is -0.450. The summed E-state index contributed by atoms with van der Waals surface area (Å²) in [5.41, 5.74) is 0. The molecule has 0 N–H and O–H groups in total. The third kappa shape index (κ3) is 2.81. The van der Waals surface area contributed by atoms with Crippen LogP contribution in [-0.4, -0.2) is 4.21 Å². The molecule has 0 heterocycles. The van der Waals surface area contributed by atoms with Gasteiger partial charge in [0.1, 0.15) is 0 Å². The minimum Gasteiger partial charge on any atom is -0.249 e. The molecule has 0 saturated heterocycles. The number of hydrogen-bond acceptors (Lipinski definition) is 1. The van der Waals surface area contributed by atoms with E-state index in [4.69, 9.17) is 0 Å². The van der Waals surface area contributed by atoms with Crippen molar-refractivity contribution in [2.24, 2.45) is 0 Å². The first-order chi connectivity index (χ1) is 7.66. The molecule has 2 aromatic carbocycles. The second kappa shape index (κ2) is 5.25. The van der Waals surface area contributed by atoms with Crippen LogP contribution in [0.15, 0.2) is 67.3 Å². The Bertz CT molecular complexity index is 458. The summed E-state index contributed by atoms with van der Waals surface area (Å²) >= 11 is 6.71. The Balaban J connectivity index is 2.32. The summed E-state index contributed by atoms with van der Waals surface area (Å²) < 4.78 is 14.1. The highest BCUT2D eigenvalue weighted by Crippen LogP contribution is 2.20. The van der Waals surface area contributed by atoms with Crippen molar-refractivity contribution < 1.29 is 4.21 Å². The summed E-state index contributed by atoms with van der Waals surface area (Å²) in [6, 6.07) is 15.0. The molecule has 0 aliphatic heterocycles. The lowest BCUT2D eigenvalue weighted by atomic mass is 10.4. The summed E-state index contributed by atoms with van der Waals surface area (Å²) in [5, 5.41) is 0. The van der Waals surface area contributed by atoms with Gasteiger partial charge in [0.05, 0.1) is 10.8 Å². The number of rotatable bonds is 2. The number of hydrogen-bond donors (Lipinski definition) is 0. The van der Waals surface area contributed by atoms with Crippen LogP contribution in [0.5, 0.6) is 0 Å². The van der Waals surface area contributed by atoms with Gasteiger partial charge in [0, 0.05) is 18.7 Å². The van der Waals surface area contributed by atoms with Gasteiger partial charge >= 0.3 is 0 Å². The van der Waals surface area contributed by atoms with Gasteiger partial charge < -0.3 is 0 Å². The standard InChI is InChI=1S/C12H8Br2OS/c13-9-1-5-11(6-2-9)16(15)12-7-3-10(14)4-8-12/h1-8H. The average Bonchev–Trinajstić information content (AvgIpc) is 2.30. The van der Waals surface area contributed by atoms with Crippen LogP contribution in [0, 0.1) is 0 Å². The van der Waals surface area contributed by atoms with Gasteiger partial charge in [-0.15, -0.1) is 0 Å². The smallest absolute Gasteiger partial charge is 0.0849 e. The lowest BCUT2D eigenvalue weighted by Crippen LogP contribution is -1.91. The second-order valence-electron chi connectivity index (χ2n) is 3.18.